The highest BCUT2D eigenvalue weighted by Gasteiger charge is 2.43. The van der Waals surface area contributed by atoms with Crippen molar-refractivity contribution in [3.8, 4) is 0 Å². The van der Waals surface area contributed by atoms with Gasteiger partial charge in [0.2, 0.25) is 0 Å². The molecule has 0 saturated heterocycles. The third-order valence-electron chi connectivity index (χ3n) is 6.30. The Morgan fingerprint density at radius 3 is 1.79 bits per heavy atom. The quantitative estimate of drug-likeness (QED) is 0.170. The van der Waals surface area contributed by atoms with Crippen LogP contribution in [0.5, 0.6) is 0 Å². The largest absolute Gasteiger partial charge is 0.396 e. The van der Waals surface area contributed by atoms with Crippen LogP contribution in [0.1, 0.15) is 103 Å². The minimum atomic E-state index is -3.02. The number of rotatable bonds is 19. The molecule has 1 saturated carbocycles. The van der Waals surface area contributed by atoms with Gasteiger partial charge in [-0.1, -0.05) is 90.4 Å². The molecular formula is C22H46BO5P. The normalized spacial score (nSPS) is 25.5. The monoisotopic (exact) mass is 432 g/mol. The van der Waals surface area contributed by atoms with Gasteiger partial charge in [0.15, 0.2) is 0 Å². The van der Waals surface area contributed by atoms with Gasteiger partial charge in [-0.3, -0.25) is 4.57 Å². The molecule has 5 nitrogen and oxygen atoms in total. The van der Waals surface area contributed by atoms with E-state index in [4.69, 9.17) is 14.2 Å². The van der Waals surface area contributed by atoms with Gasteiger partial charge in [0.25, 0.3) is 0 Å². The van der Waals surface area contributed by atoms with Crippen molar-refractivity contribution in [3.05, 3.63) is 0 Å². The van der Waals surface area contributed by atoms with Gasteiger partial charge in [0.1, 0.15) is 7.85 Å². The number of ether oxygens (including phenoxy) is 1. The molecule has 0 aliphatic heterocycles. The van der Waals surface area contributed by atoms with E-state index in [-0.39, 0.29) is 24.4 Å². The minimum Gasteiger partial charge on any atom is -0.396 e. The summed E-state index contributed by atoms with van der Waals surface area (Å²) in [6.07, 6.45) is 18.8. The first-order chi connectivity index (χ1) is 14.1. The van der Waals surface area contributed by atoms with Crippen molar-refractivity contribution in [1.29, 1.82) is 0 Å². The lowest BCUT2D eigenvalue weighted by atomic mass is 9.83. The van der Waals surface area contributed by atoms with Gasteiger partial charge in [0.05, 0.1) is 12.2 Å². The molecule has 0 spiro atoms. The Hall–Kier alpha value is 0.135. The van der Waals surface area contributed by atoms with E-state index in [0.717, 1.165) is 12.8 Å². The molecule has 0 heterocycles. The molecule has 0 bridgehead atoms. The van der Waals surface area contributed by atoms with Crippen LogP contribution in [0.15, 0.2) is 0 Å². The molecule has 1 fully saturated rings. The number of hydrogen-bond donors (Lipinski definition) is 2. The maximum atomic E-state index is 11.1. The van der Waals surface area contributed by atoms with E-state index in [1.165, 1.54) is 83.5 Å². The van der Waals surface area contributed by atoms with Crippen molar-refractivity contribution in [2.75, 3.05) is 13.2 Å². The molecule has 0 radical (unpaired) electrons. The molecule has 0 aromatic heterocycles. The summed E-state index contributed by atoms with van der Waals surface area (Å²) in [6, 6.07) is 0. The topological polar surface area (TPSA) is 76.0 Å². The summed E-state index contributed by atoms with van der Waals surface area (Å²) in [4.78, 5) is 9.12. The predicted octanol–water partition coefficient (Wildman–Crippen LogP) is 5.05. The lowest BCUT2D eigenvalue weighted by molar-refractivity contribution is -0.0283. The van der Waals surface area contributed by atoms with E-state index in [9.17, 15) is 9.67 Å². The van der Waals surface area contributed by atoms with Crippen LogP contribution in [0.25, 0.3) is 0 Å². The first kappa shape index (κ1) is 27.2. The fourth-order valence-corrected chi connectivity index (χ4v) is 5.13. The standard InChI is InChI=1S/C22H46BO5P/c1-2-3-4-5-6-7-8-9-10-11-12-13-14-15-16-27-22-20(23)17-19(18-24)21(22)28-29(25)26/h19-22,24,29H,2-18,23H2,1H3,(H,25,26)/t19-,20-,21?,22?/m1/s1. The Labute approximate surface area is 180 Å². The Balaban J connectivity index is 1.96. The van der Waals surface area contributed by atoms with Crippen LogP contribution in [0.2, 0.25) is 5.82 Å². The highest BCUT2D eigenvalue weighted by molar-refractivity contribution is 7.32. The molecule has 1 aliphatic rings. The fourth-order valence-electron chi connectivity index (χ4n) is 4.57. The van der Waals surface area contributed by atoms with E-state index < -0.39 is 14.4 Å². The molecular weight excluding hydrogens is 386 g/mol. The van der Waals surface area contributed by atoms with Crippen LogP contribution in [-0.4, -0.2) is 43.3 Å². The second-order valence-corrected chi connectivity index (χ2v) is 9.70. The third-order valence-corrected chi connectivity index (χ3v) is 6.78. The van der Waals surface area contributed by atoms with Gasteiger partial charge < -0.3 is 19.3 Å². The van der Waals surface area contributed by atoms with Crippen molar-refractivity contribution in [1.82, 2.24) is 0 Å². The molecule has 1 rings (SSSR count). The molecule has 0 amide bonds. The highest BCUT2D eigenvalue weighted by Crippen LogP contribution is 2.41. The zero-order valence-corrected chi connectivity index (χ0v) is 19.9. The Kier molecular flexibility index (Phi) is 16.7. The van der Waals surface area contributed by atoms with E-state index in [2.05, 4.69) is 14.8 Å². The molecule has 29 heavy (non-hydrogen) atoms. The van der Waals surface area contributed by atoms with Crippen molar-refractivity contribution < 1.29 is 23.8 Å². The predicted molar refractivity (Wildman–Crippen MR) is 124 cm³/mol. The molecule has 3 unspecified atom stereocenters. The van der Waals surface area contributed by atoms with Gasteiger partial charge >= 0.3 is 8.25 Å². The number of unbranched alkanes of at least 4 members (excludes halogenated alkanes) is 13. The summed E-state index contributed by atoms with van der Waals surface area (Å²) in [7, 11) is -0.949. The van der Waals surface area contributed by atoms with Crippen molar-refractivity contribution in [2.45, 2.75) is 121 Å². The average molecular weight is 432 g/mol. The lowest BCUT2D eigenvalue weighted by Crippen LogP contribution is -2.32. The van der Waals surface area contributed by atoms with Crippen LogP contribution in [0.3, 0.4) is 0 Å². The first-order valence-electron chi connectivity index (χ1n) is 12.2. The summed E-state index contributed by atoms with van der Waals surface area (Å²) in [6.45, 7) is 2.91. The van der Waals surface area contributed by atoms with Gasteiger partial charge in [-0.15, -0.1) is 0 Å². The van der Waals surface area contributed by atoms with Crippen LogP contribution in [0, 0.1) is 5.92 Å². The van der Waals surface area contributed by atoms with Gasteiger partial charge in [0, 0.05) is 19.1 Å². The molecule has 172 valence electrons. The fraction of sp³-hybridized carbons (Fsp3) is 1.00. The summed E-state index contributed by atoms with van der Waals surface area (Å²) in [5, 5.41) is 9.48. The third kappa shape index (κ3) is 12.5. The Morgan fingerprint density at radius 2 is 1.34 bits per heavy atom. The van der Waals surface area contributed by atoms with Crippen molar-refractivity contribution >= 4 is 16.1 Å². The van der Waals surface area contributed by atoms with E-state index >= 15 is 0 Å². The smallest absolute Gasteiger partial charge is 0.316 e. The number of aliphatic hydroxyl groups excluding tert-OH is 1. The van der Waals surface area contributed by atoms with Gasteiger partial charge in [-0.2, -0.15) is 0 Å². The molecule has 0 aromatic rings. The zero-order valence-electron chi connectivity index (χ0n) is 18.9. The van der Waals surface area contributed by atoms with Gasteiger partial charge in [-0.25, -0.2) is 0 Å². The van der Waals surface area contributed by atoms with Crippen LogP contribution < -0.4 is 0 Å². The molecule has 0 aromatic carbocycles. The van der Waals surface area contributed by atoms with Crippen molar-refractivity contribution in [3.63, 3.8) is 0 Å². The lowest BCUT2D eigenvalue weighted by Gasteiger charge is -2.24. The van der Waals surface area contributed by atoms with E-state index in [0.29, 0.717) is 6.61 Å². The molecule has 7 heteroatoms. The number of aliphatic hydroxyl groups is 1. The van der Waals surface area contributed by atoms with Crippen molar-refractivity contribution in [2.24, 2.45) is 5.92 Å². The Morgan fingerprint density at radius 1 is 0.862 bits per heavy atom. The summed E-state index contributed by atoms with van der Waals surface area (Å²) in [5.74, 6) is 0.137. The molecule has 5 atom stereocenters. The maximum Gasteiger partial charge on any atom is 0.316 e. The highest BCUT2D eigenvalue weighted by atomic mass is 31.1. The zero-order chi connectivity index (χ0) is 21.3. The second kappa shape index (κ2) is 17.8. The maximum absolute atomic E-state index is 11.1. The molecule has 2 N–H and O–H groups in total. The molecule has 1 aliphatic carbocycles. The van der Waals surface area contributed by atoms with Crippen LogP contribution in [-0.2, 0) is 13.8 Å². The van der Waals surface area contributed by atoms with E-state index in [1.54, 1.807) is 0 Å². The first-order valence-corrected chi connectivity index (χ1v) is 13.5. The number of hydrogen-bond acceptors (Lipinski definition) is 4. The van der Waals surface area contributed by atoms with Gasteiger partial charge in [-0.05, 0) is 18.7 Å². The Bertz CT molecular complexity index is 413. The summed E-state index contributed by atoms with van der Waals surface area (Å²) < 4.78 is 22.3. The summed E-state index contributed by atoms with van der Waals surface area (Å²) >= 11 is 0. The van der Waals surface area contributed by atoms with Crippen LogP contribution in [0.4, 0.5) is 0 Å². The SMILES string of the molecule is B[C@@H]1C[C@H](CO)C(O[PH](=O)O)C1OCCCCCCCCCCCCCCCC. The average Bonchev–Trinajstić information content (AvgIpc) is 2.99. The second-order valence-electron chi connectivity index (χ2n) is 8.94. The van der Waals surface area contributed by atoms with Crippen LogP contribution >= 0.6 is 8.25 Å². The minimum absolute atomic E-state index is 0.0249. The summed E-state index contributed by atoms with van der Waals surface area (Å²) in [5.41, 5.74) is 0. The van der Waals surface area contributed by atoms with E-state index in [1.807, 2.05) is 0 Å².